The molecule has 13 rings (SSSR count). The predicted molar refractivity (Wildman–Crippen MR) is 256 cm³/mol. The molecule has 0 aliphatic heterocycles. The van der Waals surface area contributed by atoms with Crippen molar-refractivity contribution in [2.75, 3.05) is 0 Å². The van der Waals surface area contributed by atoms with Crippen molar-refractivity contribution in [3.05, 3.63) is 235 Å². The first-order valence-electron chi connectivity index (χ1n) is 21.1. The van der Waals surface area contributed by atoms with Crippen LogP contribution in [0.5, 0.6) is 0 Å². The highest BCUT2D eigenvalue weighted by Gasteiger charge is 2.51. The van der Waals surface area contributed by atoms with E-state index < -0.39 is 0 Å². The summed E-state index contributed by atoms with van der Waals surface area (Å²) in [7, 11) is 0. The SMILES string of the molecule is c1ccc(-c2nc(-c3ccc(-c4ccc5c(c4)C4(c6ccccc6-c6ccccc64)c4ccccc4-5)cc3)nc(-c3ccccc3-c3ccc4sc5ccccc5c4c3)n2)cc1. The van der Waals surface area contributed by atoms with E-state index >= 15 is 0 Å². The monoisotopic (exact) mass is 805 g/mol. The number of fused-ring (bicyclic) bond motifs is 13. The molecule has 3 nitrogen and oxygen atoms in total. The highest BCUT2D eigenvalue weighted by Crippen LogP contribution is 2.63. The Kier molecular flexibility index (Phi) is 7.69. The van der Waals surface area contributed by atoms with E-state index in [4.69, 9.17) is 15.0 Å². The molecule has 0 N–H and O–H groups in total. The van der Waals surface area contributed by atoms with Gasteiger partial charge in [-0.1, -0.05) is 188 Å². The van der Waals surface area contributed by atoms with E-state index in [0.29, 0.717) is 17.5 Å². The van der Waals surface area contributed by atoms with Crippen molar-refractivity contribution in [1.29, 1.82) is 0 Å². The van der Waals surface area contributed by atoms with Crippen molar-refractivity contribution in [3.63, 3.8) is 0 Å². The van der Waals surface area contributed by atoms with Gasteiger partial charge in [-0.3, -0.25) is 0 Å². The summed E-state index contributed by atoms with van der Waals surface area (Å²) >= 11 is 1.83. The molecule has 2 aliphatic rings. The fourth-order valence-corrected chi connectivity index (χ4v) is 11.3. The first-order chi connectivity index (χ1) is 30.7. The minimum Gasteiger partial charge on any atom is -0.208 e. The highest BCUT2D eigenvalue weighted by molar-refractivity contribution is 7.25. The normalized spacial score (nSPS) is 13.0. The first kappa shape index (κ1) is 35.0. The predicted octanol–water partition coefficient (Wildman–Crippen LogP) is 14.9. The molecule has 0 fully saturated rings. The maximum atomic E-state index is 5.23. The van der Waals surface area contributed by atoms with E-state index in [0.717, 1.165) is 33.4 Å². The van der Waals surface area contributed by atoms with Crippen LogP contribution in [0.15, 0.2) is 212 Å². The largest absolute Gasteiger partial charge is 0.208 e. The van der Waals surface area contributed by atoms with Gasteiger partial charge in [0.05, 0.1) is 5.41 Å². The third kappa shape index (κ3) is 5.14. The topological polar surface area (TPSA) is 38.7 Å². The lowest BCUT2D eigenvalue weighted by atomic mass is 9.70. The van der Waals surface area contributed by atoms with Crippen molar-refractivity contribution in [1.82, 2.24) is 15.0 Å². The molecule has 11 aromatic rings. The van der Waals surface area contributed by atoms with Gasteiger partial charge >= 0.3 is 0 Å². The standard InChI is InChI=1S/C58H35N3S/c1-2-14-37(15-3-1)55-59-56(61-57(60-55)47-21-5-4-16-41(47)40-31-33-54-48(34-40)46-20-9-13-25-53(46)62-54)38-28-26-36(27-29-38)39-30-32-45-44-19-8-12-24-51(44)58(52(45)35-39)49-22-10-6-17-42(49)43-18-7-11-23-50(43)58/h1-35H. The van der Waals surface area contributed by atoms with Crippen molar-refractivity contribution in [2.45, 2.75) is 5.41 Å². The molecule has 2 heterocycles. The van der Waals surface area contributed by atoms with Gasteiger partial charge in [-0.15, -0.1) is 11.3 Å². The Balaban J connectivity index is 0.926. The summed E-state index contributed by atoms with van der Waals surface area (Å²) in [5.74, 6) is 1.92. The zero-order valence-corrected chi connectivity index (χ0v) is 34.3. The van der Waals surface area contributed by atoms with E-state index in [1.165, 1.54) is 70.2 Å². The van der Waals surface area contributed by atoms with Crippen molar-refractivity contribution in [3.8, 4) is 78.7 Å². The molecule has 0 atom stereocenters. The molecule has 4 heteroatoms. The van der Waals surface area contributed by atoms with Gasteiger partial charge < -0.3 is 0 Å². The molecule has 2 aliphatic carbocycles. The molecule has 0 saturated carbocycles. The second-order valence-corrected chi connectivity index (χ2v) is 17.3. The van der Waals surface area contributed by atoms with E-state index in [1.54, 1.807) is 0 Å². The van der Waals surface area contributed by atoms with Crippen LogP contribution in [0.4, 0.5) is 0 Å². The quantitative estimate of drug-likeness (QED) is 0.174. The molecule has 9 aromatic carbocycles. The number of hydrogen-bond donors (Lipinski definition) is 0. The van der Waals surface area contributed by atoms with Crippen LogP contribution in [0.2, 0.25) is 0 Å². The van der Waals surface area contributed by atoms with Crippen LogP contribution in [0, 0.1) is 0 Å². The molecular formula is C58H35N3S. The van der Waals surface area contributed by atoms with Crippen LogP contribution in [-0.4, -0.2) is 15.0 Å². The van der Waals surface area contributed by atoms with Gasteiger partial charge in [0, 0.05) is 36.9 Å². The lowest BCUT2D eigenvalue weighted by molar-refractivity contribution is 0.794. The Bertz CT molecular complexity index is 3520. The average Bonchev–Trinajstić information content (AvgIpc) is 3.98. The lowest BCUT2D eigenvalue weighted by Crippen LogP contribution is -2.25. The minimum atomic E-state index is -0.385. The molecule has 62 heavy (non-hydrogen) atoms. The van der Waals surface area contributed by atoms with Crippen LogP contribution in [0.1, 0.15) is 22.3 Å². The van der Waals surface area contributed by atoms with Crippen LogP contribution in [0.25, 0.3) is 98.8 Å². The van der Waals surface area contributed by atoms with Crippen molar-refractivity contribution >= 4 is 31.5 Å². The Hall–Kier alpha value is -7.79. The van der Waals surface area contributed by atoms with Gasteiger partial charge in [-0.05, 0) is 91.0 Å². The van der Waals surface area contributed by atoms with Gasteiger partial charge in [-0.25, -0.2) is 15.0 Å². The number of rotatable bonds is 5. The van der Waals surface area contributed by atoms with Gasteiger partial charge in [0.25, 0.3) is 0 Å². The fourth-order valence-electron chi connectivity index (χ4n) is 10.3. The molecule has 0 saturated heterocycles. The number of hydrogen-bond acceptors (Lipinski definition) is 4. The first-order valence-corrected chi connectivity index (χ1v) is 21.9. The molecule has 288 valence electrons. The van der Waals surface area contributed by atoms with E-state index in [1.807, 2.05) is 29.5 Å². The summed E-state index contributed by atoms with van der Waals surface area (Å²) < 4.78 is 2.58. The Morgan fingerprint density at radius 1 is 0.274 bits per heavy atom. The third-order valence-electron chi connectivity index (χ3n) is 13.0. The Morgan fingerprint density at radius 3 is 1.42 bits per heavy atom. The third-order valence-corrected chi connectivity index (χ3v) is 14.1. The summed E-state index contributed by atoms with van der Waals surface area (Å²) in [5.41, 5.74) is 17.6. The molecule has 0 radical (unpaired) electrons. The summed E-state index contributed by atoms with van der Waals surface area (Å²) in [5, 5.41) is 2.54. The molecule has 2 aromatic heterocycles. The summed E-state index contributed by atoms with van der Waals surface area (Å²) in [6, 6.07) is 76.8. The van der Waals surface area contributed by atoms with Crippen LogP contribution < -0.4 is 0 Å². The minimum absolute atomic E-state index is 0.385. The number of benzene rings is 9. The number of nitrogens with zero attached hydrogens (tertiary/aromatic N) is 3. The van der Waals surface area contributed by atoms with E-state index in [9.17, 15) is 0 Å². The lowest BCUT2D eigenvalue weighted by Gasteiger charge is -2.30. The fraction of sp³-hybridized carbons (Fsp3) is 0.0172. The summed E-state index contributed by atoms with van der Waals surface area (Å²) in [4.78, 5) is 15.5. The maximum Gasteiger partial charge on any atom is 0.164 e. The molecule has 0 unspecified atom stereocenters. The van der Waals surface area contributed by atoms with Crippen LogP contribution >= 0.6 is 11.3 Å². The molecule has 1 spiro atoms. The summed E-state index contributed by atoms with van der Waals surface area (Å²) in [6.07, 6.45) is 0. The molecular weight excluding hydrogens is 771 g/mol. The second kappa shape index (κ2) is 13.6. The highest BCUT2D eigenvalue weighted by atomic mass is 32.1. The average molecular weight is 806 g/mol. The summed E-state index contributed by atoms with van der Waals surface area (Å²) in [6.45, 7) is 0. The van der Waals surface area contributed by atoms with E-state index in [-0.39, 0.29) is 5.41 Å². The van der Waals surface area contributed by atoms with Crippen LogP contribution in [-0.2, 0) is 5.41 Å². The van der Waals surface area contributed by atoms with Gasteiger partial charge in [0.2, 0.25) is 0 Å². The maximum absolute atomic E-state index is 5.23. The smallest absolute Gasteiger partial charge is 0.164 e. The van der Waals surface area contributed by atoms with Gasteiger partial charge in [-0.2, -0.15) is 0 Å². The Labute approximate surface area is 363 Å². The van der Waals surface area contributed by atoms with Gasteiger partial charge in [0.15, 0.2) is 17.5 Å². The number of thiophene rings is 1. The van der Waals surface area contributed by atoms with E-state index in [2.05, 4.69) is 194 Å². The van der Waals surface area contributed by atoms with Crippen molar-refractivity contribution in [2.24, 2.45) is 0 Å². The molecule has 0 bridgehead atoms. The van der Waals surface area contributed by atoms with Gasteiger partial charge in [0.1, 0.15) is 0 Å². The van der Waals surface area contributed by atoms with Crippen LogP contribution in [0.3, 0.4) is 0 Å². The Morgan fingerprint density at radius 2 is 0.742 bits per heavy atom. The zero-order valence-electron chi connectivity index (χ0n) is 33.5. The zero-order chi connectivity index (χ0) is 40.8. The molecule has 0 amide bonds. The number of aromatic nitrogens is 3. The van der Waals surface area contributed by atoms with Crippen molar-refractivity contribution < 1.29 is 0 Å². The second-order valence-electron chi connectivity index (χ2n) is 16.3.